The second-order valence-corrected chi connectivity index (χ2v) is 8.46. The molecule has 0 radical (unpaired) electrons. The van der Waals surface area contributed by atoms with Crippen LogP contribution in [0.4, 0.5) is 0 Å². The molecule has 2 aromatic heterocycles. The van der Waals surface area contributed by atoms with Crippen LogP contribution in [0, 0.1) is 12.8 Å². The van der Waals surface area contributed by atoms with Crippen molar-refractivity contribution < 1.29 is 14.3 Å². The highest BCUT2D eigenvalue weighted by molar-refractivity contribution is 7.13. The van der Waals surface area contributed by atoms with Gasteiger partial charge in [0.15, 0.2) is 10.8 Å². The number of rotatable bonds is 7. The third kappa shape index (κ3) is 5.64. The van der Waals surface area contributed by atoms with Crippen molar-refractivity contribution in [3.63, 3.8) is 0 Å². The quantitative estimate of drug-likeness (QED) is 0.786. The Morgan fingerprint density at radius 2 is 2.19 bits per heavy atom. The highest BCUT2D eigenvalue weighted by atomic mass is 32.1. The summed E-state index contributed by atoms with van der Waals surface area (Å²) in [5.74, 6) is 2.25. The molecular formula is C20H29N3O3S. The monoisotopic (exact) mass is 391 g/mol. The van der Waals surface area contributed by atoms with Crippen LogP contribution >= 0.6 is 11.3 Å². The van der Waals surface area contributed by atoms with Crippen molar-refractivity contribution in [2.75, 3.05) is 33.2 Å². The summed E-state index contributed by atoms with van der Waals surface area (Å²) < 4.78 is 5.60. The van der Waals surface area contributed by atoms with Crippen LogP contribution in [0.15, 0.2) is 21.9 Å². The molecule has 148 valence electrons. The van der Waals surface area contributed by atoms with E-state index < -0.39 is 0 Å². The molecule has 0 bridgehead atoms. The second-order valence-electron chi connectivity index (χ2n) is 7.60. The van der Waals surface area contributed by atoms with Gasteiger partial charge < -0.3 is 19.3 Å². The number of likely N-dealkylation sites (tertiary alicyclic amines) is 1. The molecule has 1 saturated heterocycles. The maximum absolute atomic E-state index is 12.6. The molecule has 0 saturated carbocycles. The van der Waals surface area contributed by atoms with Gasteiger partial charge in [-0.2, -0.15) is 0 Å². The predicted octanol–water partition coefficient (Wildman–Crippen LogP) is 2.81. The van der Waals surface area contributed by atoms with Gasteiger partial charge in [0.2, 0.25) is 5.91 Å². The van der Waals surface area contributed by atoms with Gasteiger partial charge in [-0.05, 0) is 57.8 Å². The molecule has 27 heavy (non-hydrogen) atoms. The molecule has 7 heteroatoms. The van der Waals surface area contributed by atoms with Crippen molar-refractivity contribution in [1.29, 1.82) is 0 Å². The van der Waals surface area contributed by atoms with Crippen molar-refractivity contribution in [3.05, 3.63) is 29.0 Å². The van der Waals surface area contributed by atoms with Crippen LogP contribution in [0.3, 0.4) is 0 Å². The van der Waals surface area contributed by atoms with Gasteiger partial charge in [-0.3, -0.25) is 4.79 Å². The van der Waals surface area contributed by atoms with Gasteiger partial charge in [-0.25, -0.2) is 4.98 Å². The number of β-amino-alcohol motifs (C(OH)–C–C–N with tert-alkyl or cyclic N) is 1. The highest BCUT2D eigenvalue weighted by Crippen LogP contribution is 2.26. The predicted molar refractivity (Wildman–Crippen MR) is 107 cm³/mol. The molecule has 1 N–H and O–H groups in total. The van der Waals surface area contributed by atoms with E-state index in [1.807, 2.05) is 43.3 Å². The number of likely N-dealkylation sites (N-methyl/N-ethyl adjacent to an activating group) is 1. The molecule has 6 nitrogen and oxygen atoms in total. The topological polar surface area (TPSA) is 69.8 Å². The van der Waals surface area contributed by atoms with Crippen LogP contribution in [0.5, 0.6) is 0 Å². The van der Waals surface area contributed by atoms with E-state index in [9.17, 15) is 9.90 Å². The number of hydrogen-bond donors (Lipinski definition) is 1. The standard InChI is InChI=1S/C20H29N3O3S/c1-14(24)11-23-8-6-16(7-9-23)12-22(3)19(25)10-17-13-27-20(21-17)18-5-4-15(2)26-18/h4-5,13-14,16,24H,6-12H2,1-3H3. The molecule has 3 rings (SSSR count). The average molecular weight is 392 g/mol. The highest BCUT2D eigenvalue weighted by Gasteiger charge is 2.23. The molecule has 3 heterocycles. The van der Waals surface area contributed by atoms with Crippen LogP contribution in [0.25, 0.3) is 10.8 Å². The first-order valence-electron chi connectivity index (χ1n) is 9.56. The number of aliphatic hydroxyl groups excluding tert-OH is 1. The smallest absolute Gasteiger partial charge is 0.228 e. The number of amides is 1. The van der Waals surface area contributed by atoms with Crippen LogP contribution in [-0.4, -0.2) is 65.1 Å². The molecule has 1 aliphatic rings. The lowest BCUT2D eigenvalue weighted by Gasteiger charge is -2.34. The van der Waals surface area contributed by atoms with Crippen LogP contribution in [0.1, 0.15) is 31.2 Å². The fraction of sp³-hybridized carbons (Fsp3) is 0.600. The first-order chi connectivity index (χ1) is 12.9. The molecule has 1 fully saturated rings. The van der Waals surface area contributed by atoms with Gasteiger partial charge >= 0.3 is 0 Å². The third-order valence-corrected chi connectivity index (χ3v) is 5.93. The zero-order valence-electron chi connectivity index (χ0n) is 16.4. The molecular weight excluding hydrogens is 362 g/mol. The largest absolute Gasteiger partial charge is 0.459 e. The molecule has 0 spiro atoms. The van der Waals surface area contributed by atoms with Gasteiger partial charge in [0, 0.05) is 25.5 Å². The second kappa shape index (κ2) is 8.99. The van der Waals surface area contributed by atoms with E-state index in [0.29, 0.717) is 12.3 Å². The van der Waals surface area contributed by atoms with Crippen LogP contribution in [-0.2, 0) is 11.2 Å². The number of carbonyl (C=O) groups excluding carboxylic acids is 1. The molecule has 0 aliphatic carbocycles. The maximum atomic E-state index is 12.6. The Bertz CT molecular complexity index is 747. The van der Waals surface area contributed by atoms with Crippen molar-refractivity contribution in [2.45, 2.75) is 39.2 Å². The molecule has 1 aliphatic heterocycles. The number of hydrogen-bond acceptors (Lipinski definition) is 6. The fourth-order valence-electron chi connectivity index (χ4n) is 3.56. The zero-order valence-corrected chi connectivity index (χ0v) is 17.2. The lowest BCUT2D eigenvalue weighted by molar-refractivity contribution is -0.130. The van der Waals surface area contributed by atoms with E-state index >= 15 is 0 Å². The van der Waals surface area contributed by atoms with E-state index in [1.165, 1.54) is 11.3 Å². The number of nitrogens with zero attached hydrogens (tertiary/aromatic N) is 3. The number of furan rings is 1. The van der Waals surface area contributed by atoms with E-state index in [2.05, 4.69) is 9.88 Å². The molecule has 1 amide bonds. The lowest BCUT2D eigenvalue weighted by atomic mass is 9.96. The van der Waals surface area contributed by atoms with Gasteiger partial charge in [-0.15, -0.1) is 11.3 Å². The first kappa shape index (κ1) is 20.0. The summed E-state index contributed by atoms with van der Waals surface area (Å²) in [4.78, 5) is 21.3. The third-order valence-electron chi connectivity index (χ3n) is 5.02. The summed E-state index contributed by atoms with van der Waals surface area (Å²) in [6.07, 6.45) is 2.19. The van der Waals surface area contributed by atoms with E-state index in [0.717, 1.165) is 61.2 Å². The number of thiazole rings is 1. The number of carbonyl (C=O) groups is 1. The lowest BCUT2D eigenvalue weighted by Crippen LogP contribution is -2.41. The summed E-state index contributed by atoms with van der Waals surface area (Å²) in [6, 6.07) is 3.83. The average Bonchev–Trinajstić information content (AvgIpc) is 3.25. The zero-order chi connectivity index (χ0) is 19.4. The molecule has 1 unspecified atom stereocenters. The van der Waals surface area contributed by atoms with Crippen LogP contribution < -0.4 is 0 Å². The summed E-state index contributed by atoms with van der Waals surface area (Å²) >= 11 is 1.51. The Labute approximate surface area is 164 Å². The van der Waals surface area contributed by atoms with Crippen molar-refractivity contribution >= 4 is 17.2 Å². The number of aliphatic hydroxyl groups is 1. The van der Waals surface area contributed by atoms with Gasteiger partial charge in [0.1, 0.15) is 5.76 Å². The summed E-state index contributed by atoms with van der Waals surface area (Å²) in [7, 11) is 1.88. The number of aryl methyl sites for hydroxylation is 1. The Morgan fingerprint density at radius 3 is 2.81 bits per heavy atom. The molecule has 1 atom stereocenters. The van der Waals surface area contributed by atoms with E-state index in [-0.39, 0.29) is 12.0 Å². The van der Waals surface area contributed by atoms with Gasteiger partial charge in [0.25, 0.3) is 0 Å². The molecule has 2 aromatic rings. The summed E-state index contributed by atoms with van der Waals surface area (Å²) in [5.41, 5.74) is 0.799. The summed E-state index contributed by atoms with van der Waals surface area (Å²) in [5, 5.41) is 12.3. The Hall–Kier alpha value is -1.70. The minimum Gasteiger partial charge on any atom is -0.459 e. The SMILES string of the molecule is Cc1ccc(-c2nc(CC(=O)N(C)CC3CCN(CC(C)O)CC3)cs2)o1. The Balaban J connectivity index is 1.46. The van der Waals surface area contributed by atoms with Crippen molar-refractivity contribution in [2.24, 2.45) is 5.92 Å². The van der Waals surface area contributed by atoms with Crippen LogP contribution in [0.2, 0.25) is 0 Å². The normalized spacial score (nSPS) is 17.2. The van der Waals surface area contributed by atoms with E-state index in [4.69, 9.17) is 4.42 Å². The Kier molecular flexibility index (Phi) is 6.68. The van der Waals surface area contributed by atoms with Crippen molar-refractivity contribution in [1.82, 2.24) is 14.8 Å². The minimum atomic E-state index is -0.279. The van der Waals surface area contributed by atoms with E-state index in [1.54, 1.807) is 0 Å². The first-order valence-corrected chi connectivity index (χ1v) is 10.4. The maximum Gasteiger partial charge on any atom is 0.228 e. The molecule has 0 aromatic carbocycles. The fourth-order valence-corrected chi connectivity index (χ4v) is 4.33. The minimum absolute atomic E-state index is 0.105. The number of aromatic nitrogens is 1. The Morgan fingerprint density at radius 1 is 1.44 bits per heavy atom. The van der Waals surface area contributed by atoms with Gasteiger partial charge in [-0.1, -0.05) is 0 Å². The van der Waals surface area contributed by atoms with Gasteiger partial charge in [0.05, 0.1) is 18.2 Å². The number of piperidine rings is 1. The van der Waals surface area contributed by atoms with Crippen molar-refractivity contribution in [3.8, 4) is 10.8 Å². The summed E-state index contributed by atoms with van der Waals surface area (Å²) in [6.45, 7) is 7.25.